The summed E-state index contributed by atoms with van der Waals surface area (Å²) in [6.45, 7) is 2.33. The summed E-state index contributed by atoms with van der Waals surface area (Å²) in [6, 6.07) is 0. The molecule has 0 aliphatic carbocycles. The van der Waals surface area contributed by atoms with Gasteiger partial charge in [-0.05, 0) is 25.5 Å². The highest BCUT2D eigenvalue weighted by Crippen LogP contribution is 2.08. The Bertz CT molecular complexity index is 142. The molecular weight excluding hydrogens is 264 g/mol. The summed E-state index contributed by atoms with van der Waals surface area (Å²) in [5.41, 5.74) is 0. The van der Waals surface area contributed by atoms with Crippen LogP contribution in [0.15, 0.2) is 0 Å². The van der Waals surface area contributed by atoms with Crippen LogP contribution in [0.4, 0.5) is 0 Å². The molecule has 0 aliphatic heterocycles. The quantitative estimate of drug-likeness (QED) is 0.369. The van der Waals surface area contributed by atoms with Gasteiger partial charge in [0.15, 0.2) is 0 Å². The first-order valence-electron chi connectivity index (χ1n) is 5.10. The number of thioether (sulfide) groups is 1. The fraction of sp³-hybridized carbons (Fsp3) is 0.900. The second-order valence-electron chi connectivity index (χ2n) is 2.96. The second-order valence-corrected chi connectivity index (χ2v) is 4.86. The van der Waals surface area contributed by atoms with E-state index in [-0.39, 0.29) is 5.97 Å². The van der Waals surface area contributed by atoms with Crippen LogP contribution in [0, 0.1) is 0 Å². The largest absolute Gasteiger partial charge is 0.465 e. The van der Waals surface area contributed by atoms with Gasteiger partial charge in [-0.15, -0.1) is 0 Å². The Hall–Kier alpha value is 0.300. The molecule has 0 radical (unpaired) electrons. The van der Waals surface area contributed by atoms with Crippen LogP contribution >= 0.6 is 27.7 Å². The van der Waals surface area contributed by atoms with Crippen molar-refractivity contribution < 1.29 is 9.53 Å². The van der Waals surface area contributed by atoms with E-state index in [1.54, 1.807) is 11.8 Å². The van der Waals surface area contributed by atoms with Gasteiger partial charge in [-0.2, -0.15) is 11.8 Å². The van der Waals surface area contributed by atoms with Crippen LogP contribution in [0.2, 0.25) is 0 Å². The third-order valence-corrected chi connectivity index (χ3v) is 3.28. The molecule has 0 aliphatic rings. The van der Waals surface area contributed by atoms with Crippen molar-refractivity contribution in [3.05, 3.63) is 0 Å². The van der Waals surface area contributed by atoms with Crippen molar-refractivity contribution in [3.8, 4) is 0 Å². The number of hydrogen-bond donors (Lipinski definition) is 0. The molecule has 0 unspecified atom stereocenters. The van der Waals surface area contributed by atoms with Crippen molar-refractivity contribution in [3.63, 3.8) is 0 Å². The number of rotatable bonds is 9. The molecule has 0 heterocycles. The fourth-order valence-corrected chi connectivity index (χ4v) is 2.21. The van der Waals surface area contributed by atoms with Gasteiger partial charge in [0.05, 0.1) is 12.4 Å². The number of carbonyl (C=O) groups is 1. The molecule has 0 amide bonds. The summed E-state index contributed by atoms with van der Waals surface area (Å²) in [4.78, 5) is 10.9. The zero-order chi connectivity index (χ0) is 10.6. The Labute approximate surface area is 99.3 Å². The van der Waals surface area contributed by atoms with E-state index < -0.39 is 0 Å². The molecule has 0 saturated carbocycles. The normalized spacial score (nSPS) is 10.1. The van der Waals surface area contributed by atoms with Crippen molar-refractivity contribution in [2.24, 2.45) is 0 Å². The fourth-order valence-electron chi connectivity index (χ4n) is 1.01. The maximum absolute atomic E-state index is 10.9. The van der Waals surface area contributed by atoms with Crippen molar-refractivity contribution in [1.29, 1.82) is 0 Å². The van der Waals surface area contributed by atoms with E-state index in [0.717, 1.165) is 11.1 Å². The van der Waals surface area contributed by atoms with Gasteiger partial charge in [-0.25, -0.2) is 0 Å². The van der Waals surface area contributed by atoms with E-state index in [9.17, 15) is 4.79 Å². The summed E-state index contributed by atoms with van der Waals surface area (Å²) in [5.74, 6) is 1.49. The van der Waals surface area contributed by atoms with Gasteiger partial charge in [0, 0.05) is 5.33 Å². The highest BCUT2D eigenvalue weighted by Gasteiger charge is 2.00. The van der Waals surface area contributed by atoms with Crippen LogP contribution in [0.25, 0.3) is 0 Å². The molecule has 0 N–H and O–H groups in total. The first-order chi connectivity index (χ1) is 6.81. The first kappa shape index (κ1) is 14.3. The van der Waals surface area contributed by atoms with E-state index >= 15 is 0 Å². The molecule has 14 heavy (non-hydrogen) atoms. The summed E-state index contributed by atoms with van der Waals surface area (Å²) < 4.78 is 4.82. The number of esters is 1. The van der Waals surface area contributed by atoms with E-state index in [4.69, 9.17) is 4.74 Å². The number of hydrogen-bond acceptors (Lipinski definition) is 3. The van der Waals surface area contributed by atoms with Gasteiger partial charge >= 0.3 is 5.97 Å². The van der Waals surface area contributed by atoms with Crippen molar-refractivity contribution in [1.82, 2.24) is 0 Å². The van der Waals surface area contributed by atoms with Gasteiger partial charge in [0.1, 0.15) is 0 Å². The molecule has 84 valence electrons. The van der Waals surface area contributed by atoms with Crippen LogP contribution in [0.1, 0.15) is 32.6 Å². The summed E-state index contributed by atoms with van der Waals surface area (Å²) in [5, 5.41) is 1.10. The third kappa shape index (κ3) is 10.4. The minimum absolute atomic E-state index is 0.0852. The zero-order valence-corrected chi connectivity index (χ0v) is 11.2. The van der Waals surface area contributed by atoms with Gasteiger partial charge in [0.25, 0.3) is 0 Å². The van der Waals surface area contributed by atoms with E-state index in [1.165, 1.54) is 25.7 Å². The lowest BCUT2D eigenvalue weighted by molar-refractivity contribution is -0.139. The molecule has 0 atom stereocenters. The van der Waals surface area contributed by atoms with Crippen LogP contribution < -0.4 is 0 Å². The van der Waals surface area contributed by atoms with Crippen LogP contribution in [0.3, 0.4) is 0 Å². The molecule has 0 saturated heterocycles. The number of alkyl halides is 1. The second kappa shape index (κ2) is 11.4. The number of halogens is 1. The molecule has 0 aromatic heterocycles. The van der Waals surface area contributed by atoms with E-state index in [2.05, 4.69) is 15.9 Å². The molecule has 0 fully saturated rings. The van der Waals surface area contributed by atoms with Gasteiger partial charge < -0.3 is 4.74 Å². The average Bonchev–Trinajstić information content (AvgIpc) is 2.17. The molecular formula is C10H19BrO2S. The Balaban J connectivity index is 3.01. The molecule has 0 spiro atoms. The maximum atomic E-state index is 10.9. The smallest absolute Gasteiger partial charge is 0.315 e. The topological polar surface area (TPSA) is 26.3 Å². The maximum Gasteiger partial charge on any atom is 0.315 e. The van der Waals surface area contributed by atoms with Crippen molar-refractivity contribution in [2.75, 3.05) is 23.4 Å². The molecule has 2 nitrogen and oxygen atoms in total. The van der Waals surface area contributed by atoms with E-state index in [1.807, 2.05) is 6.92 Å². The molecule has 4 heteroatoms. The molecule has 0 bridgehead atoms. The SMILES string of the molecule is CCOC(=O)CSCCCCCCBr. The minimum Gasteiger partial charge on any atom is -0.465 e. The summed E-state index contributed by atoms with van der Waals surface area (Å²) in [6.07, 6.45) is 5.01. The van der Waals surface area contributed by atoms with Crippen LogP contribution in [-0.2, 0) is 9.53 Å². The first-order valence-corrected chi connectivity index (χ1v) is 7.38. The monoisotopic (exact) mass is 282 g/mol. The average molecular weight is 283 g/mol. The van der Waals surface area contributed by atoms with Gasteiger partial charge in [-0.3, -0.25) is 4.79 Å². The minimum atomic E-state index is -0.0852. The van der Waals surface area contributed by atoms with Crippen LogP contribution in [-0.4, -0.2) is 29.4 Å². The lowest BCUT2D eigenvalue weighted by atomic mass is 10.2. The van der Waals surface area contributed by atoms with E-state index in [0.29, 0.717) is 12.4 Å². The predicted molar refractivity (Wildman–Crippen MR) is 66.2 cm³/mol. The van der Waals surface area contributed by atoms with Crippen molar-refractivity contribution in [2.45, 2.75) is 32.6 Å². The Morgan fingerprint density at radius 2 is 2.00 bits per heavy atom. The zero-order valence-electron chi connectivity index (χ0n) is 8.76. The Kier molecular flexibility index (Phi) is 11.6. The molecule has 0 aromatic rings. The number of ether oxygens (including phenoxy) is 1. The predicted octanol–water partition coefficient (Wildman–Crippen LogP) is 3.24. The highest BCUT2D eigenvalue weighted by molar-refractivity contribution is 9.09. The Morgan fingerprint density at radius 1 is 1.29 bits per heavy atom. The molecule has 0 aromatic carbocycles. The highest BCUT2D eigenvalue weighted by atomic mass is 79.9. The lowest BCUT2D eigenvalue weighted by Gasteiger charge is -2.01. The van der Waals surface area contributed by atoms with Gasteiger partial charge in [-0.1, -0.05) is 28.8 Å². The lowest BCUT2D eigenvalue weighted by Crippen LogP contribution is -2.06. The number of carbonyl (C=O) groups excluding carboxylic acids is 1. The number of unbranched alkanes of at least 4 members (excludes halogenated alkanes) is 3. The molecule has 0 rings (SSSR count). The van der Waals surface area contributed by atoms with Crippen LogP contribution in [0.5, 0.6) is 0 Å². The standard InChI is InChI=1S/C10H19BrO2S/c1-2-13-10(12)9-14-8-6-4-3-5-7-11/h2-9H2,1H3. The summed E-state index contributed by atoms with van der Waals surface area (Å²) in [7, 11) is 0. The third-order valence-electron chi connectivity index (χ3n) is 1.70. The van der Waals surface area contributed by atoms with Crippen molar-refractivity contribution >= 4 is 33.7 Å². The Morgan fingerprint density at radius 3 is 2.64 bits per heavy atom. The van der Waals surface area contributed by atoms with Gasteiger partial charge in [0.2, 0.25) is 0 Å². The summed E-state index contributed by atoms with van der Waals surface area (Å²) >= 11 is 5.08.